The minimum atomic E-state index is -0.814. The summed E-state index contributed by atoms with van der Waals surface area (Å²) in [5, 5.41) is 31.0. The van der Waals surface area contributed by atoms with E-state index in [4.69, 9.17) is 29.3 Å². The SMILES string of the molecule is CC.C[N+](C)(C)CCOc1ccc(NCC(O)COCCCCOCC(O)CO)cc1.OP. The number of aliphatic hydroxyl groups is 3. The Labute approximate surface area is 202 Å². The fraction of sp³-hybridized carbons (Fsp3) is 0.739. The first-order chi connectivity index (χ1) is 15.8. The van der Waals surface area contributed by atoms with E-state index in [9.17, 15) is 5.11 Å². The van der Waals surface area contributed by atoms with E-state index < -0.39 is 12.2 Å². The van der Waals surface area contributed by atoms with Gasteiger partial charge in [0.2, 0.25) is 0 Å². The lowest BCUT2D eigenvalue weighted by atomic mass is 10.3. The van der Waals surface area contributed by atoms with E-state index in [2.05, 4.69) is 26.5 Å². The van der Waals surface area contributed by atoms with Crippen LogP contribution < -0.4 is 10.1 Å². The number of likely N-dealkylation sites (N-methyl/N-ethyl adjacent to an activating group) is 1. The lowest BCUT2D eigenvalue weighted by molar-refractivity contribution is -0.870. The largest absolute Gasteiger partial charge is 0.488 e. The zero-order chi connectivity index (χ0) is 25.5. The van der Waals surface area contributed by atoms with Crippen molar-refractivity contribution in [2.45, 2.75) is 38.9 Å². The van der Waals surface area contributed by atoms with Crippen molar-refractivity contribution in [1.82, 2.24) is 0 Å². The van der Waals surface area contributed by atoms with Crippen LogP contribution in [-0.2, 0) is 9.47 Å². The Bertz CT molecular complexity index is 531. The minimum absolute atomic E-state index is 0.144. The summed E-state index contributed by atoms with van der Waals surface area (Å²) in [5.74, 6) is 0.836. The molecule has 10 heteroatoms. The molecule has 0 saturated heterocycles. The number of anilines is 1. The van der Waals surface area contributed by atoms with Crippen LogP contribution in [0.3, 0.4) is 0 Å². The second kappa shape index (κ2) is 22.7. The molecule has 1 aromatic carbocycles. The van der Waals surface area contributed by atoms with Crippen LogP contribution in [0.15, 0.2) is 24.3 Å². The minimum Gasteiger partial charge on any atom is -0.488 e. The summed E-state index contributed by atoms with van der Waals surface area (Å²) in [6.45, 7) is 7.19. The van der Waals surface area contributed by atoms with Gasteiger partial charge in [-0.1, -0.05) is 13.8 Å². The summed E-state index contributed by atoms with van der Waals surface area (Å²) in [6, 6.07) is 7.70. The number of nitrogens with one attached hydrogen (secondary N) is 1. The van der Waals surface area contributed by atoms with Crippen LogP contribution >= 0.6 is 9.47 Å². The Morgan fingerprint density at radius 1 is 0.879 bits per heavy atom. The van der Waals surface area contributed by atoms with Crippen LogP contribution in [0.1, 0.15) is 26.7 Å². The summed E-state index contributed by atoms with van der Waals surface area (Å²) >= 11 is 0. The van der Waals surface area contributed by atoms with Gasteiger partial charge in [0.05, 0.1) is 47.1 Å². The van der Waals surface area contributed by atoms with Crippen molar-refractivity contribution >= 4 is 15.2 Å². The Morgan fingerprint density at radius 2 is 1.39 bits per heavy atom. The molecule has 1 aromatic rings. The van der Waals surface area contributed by atoms with Gasteiger partial charge >= 0.3 is 0 Å². The van der Waals surface area contributed by atoms with E-state index in [1.54, 1.807) is 0 Å². The summed E-state index contributed by atoms with van der Waals surface area (Å²) in [5.41, 5.74) is 0.921. The number of rotatable bonds is 17. The summed E-state index contributed by atoms with van der Waals surface area (Å²) in [6.07, 6.45) is 0.206. The third-order valence-corrected chi connectivity index (χ3v) is 4.09. The lowest BCUT2D eigenvalue weighted by Gasteiger charge is -2.23. The zero-order valence-electron chi connectivity index (χ0n) is 21.1. The maximum atomic E-state index is 10.00. The van der Waals surface area contributed by atoms with E-state index in [0.717, 1.165) is 35.3 Å². The normalized spacial score (nSPS) is 12.5. The van der Waals surface area contributed by atoms with Gasteiger partial charge < -0.3 is 44.2 Å². The van der Waals surface area contributed by atoms with Gasteiger partial charge in [-0.05, 0) is 46.6 Å². The van der Waals surface area contributed by atoms with Gasteiger partial charge in [0.25, 0.3) is 0 Å². The number of unbranched alkanes of at least 4 members (excludes halogenated alkanes) is 1. The molecular formula is C23H48N2O7P+. The molecule has 0 spiro atoms. The first-order valence-corrected chi connectivity index (χ1v) is 12.0. The van der Waals surface area contributed by atoms with Gasteiger partial charge in [0.1, 0.15) is 25.0 Å². The molecule has 0 aliphatic rings. The van der Waals surface area contributed by atoms with Crippen LogP contribution in [0, 0.1) is 0 Å². The monoisotopic (exact) mass is 495 g/mol. The summed E-state index contributed by atoms with van der Waals surface area (Å²) < 4.78 is 17.3. The highest BCUT2D eigenvalue weighted by Crippen LogP contribution is 2.15. The maximum Gasteiger partial charge on any atom is 0.137 e. The molecule has 0 radical (unpaired) electrons. The third kappa shape index (κ3) is 22.5. The average Bonchev–Trinajstić information content (AvgIpc) is 2.81. The number of hydrogen-bond acceptors (Lipinski definition) is 8. The molecule has 3 atom stereocenters. The number of hydrogen-bond donors (Lipinski definition) is 5. The van der Waals surface area contributed by atoms with E-state index in [0.29, 0.717) is 26.4 Å². The van der Waals surface area contributed by atoms with Crippen LogP contribution in [0.5, 0.6) is 5.75 Å². The molecule has 0 aliphatic heterocycles. The van der Waals surface area contributed by atoms with Crippen LogP contribution in [0.25, 0.3) is 0 Å². The zero-order valence-corrected chi connectivity index (χ0v) is 22.2. The van der Waals surface area contributed by atoms with Crippen molar-refractivity contribution < 1.29 is 38.9 Å². The molecule has 5 N–H and O–H groups in total. The second-order valence-electron chi connectivity index (χ2n) is 8.11. The van der Waals surface area contributed by atoms with Crippen molar-refractivity contribution in [2.75, 3.05) is 79.2 Å². The highest BCUT2D eigenvalue weighted by Gasteiger charge is 2.07. The standard InChI is InChI=1S/C21H39N2O6.C2H6.H3OP/c1-23(2,3)10-13-29-21-8-6-18(7-9-21)22-14-19(25)16-27-11-4-5-12-28-17-20(26)15-24;2*1-2/h6-9,19-20,22,24-26H,4-5,10-17H2,1-3H3;1-2H3;1H,2H2/q+1;;. The highest BCUT2D eigenvalue weighted by molar-refractivity contribution is 7.08. The molecule has 196 valence electrons. The molecule has 0 aliphatic carbocycles. The Kier molecular flexibility index (Phi) is 23.5. The smallest absolute Gasteiger partial charge is 0.137 e. The average molecular weight is 496 g/mol. The molecule has 0 saturated carbocycles. The molecule has 33 heavy (non-hydrogen) atoms. The van der Waals surface area contributed by atoms with E-state index in [-0.39, 0.29) is 19.8 Å². The topological polar surface area (TPSA) is 121 Å². The van der Waals surface area contributed by atoms with E-state index in [1.807, 2.05) is 38.1 Å². The molecule has 9 nitrogen and oxygen atoms in total. The van der Waals surface area contributed by atoms with Crippen molar-refractivity contribution in [1.29, 1.82) is 0 Å². The molecule has 3 unspecified atom stereocenters. The van der Waals surface area contributed by atoms with Crippen LogP contribution in [-0.4, -0.2) is 111 Å². The van der Waals surface area contributed by atoms with Gasteiger partial charge in [-0.2, -0.15) is 0 Å². The fourth-order valence-corrected chi connectivity index (χ4v) is 2.30. The Balaban J connectivity index is 0. The molecule has 0 heterocycles. The van der Waals surface area contributed by atoms with Gasteiger partial charge in [0, 0.05) is 25.4 Å². The number of ether oxygens (including phenoxy) is 3. The molecule has 0 fully saturated rings. The van der Waals surface area contributed by atoms with Gasteiger partial charge in [-0.15, -0.1) is 0 Å². The molecular weight excluding hydrogens is 447 g/mol. The lowest BCUT2D eigenvalue weighted by Crippen LogP contribution is -2.38. The van der Waals surface area contributed by atoms with Gasteiger partial charge in [-0.3, -0.25) is 0 Å². The predicted octanol–water partition coefficient (Wildman–Crippen LogP) is 1.51. The Hall–Kier alpha value is -1.03. The van der Waals surface area contributed by atoms with E-state index >= 15 is 0 Å². The first-order valence-electron chi connectivity index (χ1n) is 11.5. The van der Waals surface area contributed by atoms with Crippen molar-refractivity contribution in [3.05, 3.63) is 24.3 Å². The van der Waals surface area contributed by atoms with Crippen molar-refractivity contribution in [3.63, 3.8) is 0 Å². The van der Waals surface area contributed by atoms with Crippen LogP contribution in [0.4, 0.5) is 5.69 Å². The van der Waals surface area contributed by atoms with Crippen molar-refractivity contribution in [2.24, 2.45) is 0 Å². The predicted molar refractivity (Wildman–Crippen MR) is 137 cm³/mol. The number of aliphatic hydroxyl groups excluding tert-OH is 3. The van der Waals surface area contributed by atoms with Crippen molar-refractivity contribution in [3.8, 4) is 5.75 Å². The number of quaternary nitrogens is 1. The summed E-state index contributed by atoms with van der Waals surface area (Å²) in [4.78, 5) is 6.92. The molecule has 1 rings (SSSR count). The first kappa shape index (κ1) is 34.1. The highest BCUT2D eigenvalue weighted by atomic mass is 31.0. The quantitative estimate of drug-likeness (QED) is 0.125. The third-order valence-electron chi connectivity index (χ3n) is 4.09. The maximum absolute atomic E-state index is 10.00. The Morgan fingerprint density at radius 3 is 1.88 bits per heavy atom. The van der Waals surface area contributed by atoms with E-state index in [1.165, 1.54) is 9.47 Å². The van der Waals surface area contributed by atoms with Gasteiger partial charge in [-0.25, -0.2) is 0 Å². The fourth-order valence-electron chi connectivity index (χ4n) is 2.30. The van der Waals surface area contributed by atoms with Crippen LogP contribution in [0.2, 0.25) is 0 Å². The summed E-state index contributed by atoms with van der Waals surface area (Å²) in [7, 11) is 7.81. The molecule has 0 aromatic heterocycles. The molecule has 0 amide bonds. The second-order valence-corrected chi connectivity index (χ2v) is 8.11. The van der Waals surface area contributed by atoms with Gasteiger partial charge in [0.15, 0.2) is 0 Å². The number of nitrogens with zero attached hydrogens (tertiary/aromatic N) is 1. The number of benzene rings is 1. The molecule has 0 bridgehead atoms.